The molecule has 1 saturated heterocycles. The van der Waals surface area contributed by atoms with Gasteiger partial charge in [0.1, 0.15) is 0 Å². The van der Waals surface area contributed by atoms with E-state index in [-0.39, 0.29) is 0 Å². The monoisotopic (exact) mass is 282 g/mol. The van der Waals surface area contributed by atoms with Crippen LogP contribution in [0.3, 0.4) is 0 Å². The lowest BCUT2D eigenvalue weighted by molar-refractivity contribution is 1.12. The number of hydrogen-bond acceptors (Lipinski definition) is 2. The van der Waals surface area contributed by atoms with Crippen LogP contribution in [0, 0.1) is 0 Å². The number of hydrogen-bond donors (Lipinski definition) is 0. The third-order valence-corrected chi connectivity index (χ3v) is 6.27. The molecule has 0 radical (unpaired) electrons. The number of fused-ring (bicyclic) bond motifs is 3. The van der Waals surface area contributed by atoms with E-state index in [9.17, 15) is 0 Å². The fourth-order valence-electron chi connectivity index (χ4n) is 2.81. The summed E-state index contributed by atoms with van der Waals surface area (Å²) in [4.78, 5) is 0. The summed E-state index contributed by atoms with van der Waals surface area (Å²) >= 11 is 4.06. The van der Waals surface area contributed by atoms with Gasteiger partial charge in [-0.15, -0.1) is 23.5 Å². The summed E-state index contributed by atoms with van der Waals surface area (Å²) in [6.07, 6.45) is 1.33. The van der Waals surface area contributed by atoms with E-state index in [2.05, 4.69) is 48.5 Å². The molecule has 1 aliphatic heterocycles. The lowest BCUT2D eigenvalue weighted by Crippen LogP contribution is -1.95. The van der Waals surface area contributed by atoms with Gasteiger partial charge in [-0.1, -0.05) is 48.5 Å². The van der Waals surface area contributed by atoms with Gasteiger partial charge in [0.2, 0.25) is 0 Å². The summed E-state index contributed by atoms with van der Waals surface area (Å²) in [6, 6.07) is 17.6. The van der Waals surface area contributed by atoms with Crippen molar-refractivity contribution in [3.8, 4) is 11.1 Å². The molecule has 0 aromatic heterocycles. The van der Waals surface area contributed by atoms with Crippen molar-refractivity contribution in [1.29, 1.82) is 0 Å². The van der Waals surface area contributed by atoms with Gasteiger partial charge < -0.3 is 0 Å². The Morgan fingerprint density at radius 1 is 0.632 bits per heavy atom. The molecule has 0 bridgehead atoms. The van der Waals surface area contributed by atoms with Gasteiger partial charge in [-0.05, 0) is 40.2 Å². The quantitative estimate of drug-likeness (QED) is 0.552. The van der Waals surface area contributed by atoms with Crippen LogP contribution in [-0.4, -0.2) is 11.5 Å². The van der Waals surface area contributed by atoms with Crippen LogP contribution in [0.15, 0.2) is 52.8 Å². The molecule has 2 aliphatic rings. The van der Waals surface area contributed by atoms with E-state index < -0.39 is 0 Å². The minimum absolute atomic E-state index is 1.26. The first-order valence-electron chi connectivity index (χ1n) is 6.64. The first-order valence-corrected chi connectivity index (χ1v) is 8.61. The zero-order chi connectivity index (χ0) is 12.7. The van der Waals surface area contributed by atoms with Crippen molar-refractivity contribution in [2.45, 2.75) is 6.42 Å². The molecule has 1 fully saturated rings. The summed E-state index contributed by atoms with van der Waals surface area (Å²) in [7, 11) is 0. The van der Waals surface area contributed by atoms with E-state index in [1.165, 1.54) is 50.0 Å². The van der Waals surface area contributed by atoms with Crippen LogP contribution in [0.5, 0.6) is 0 Å². The molecule has 1 heterocycles. The number of benzene rings is 2. The molecular formula is C17H14S2. The average molecular weight is 282 g/mol. The van der Waals surface area contributed by atoms with Gasteiger partial charge in [0.25, 0.3) is 0 Å². The highest BCUT2D eigenvalue weighted by Gasteiger charge is 2.26. The molecular weight excluding hydrogens is 268 g/mol. The van der Waals surface area contributed by atoms with Crippen molar-refractivity contribution in [2.24, 2.45) is 0 Å². The zero-order valence-electron chi connectivity index (χ0n) is 10.6. The lowest BCUT2D eigenvalue weighted by atomic mass is 10.1. The van der Waals surface area contributed by atoms with Crippen molar-refractivity contribution in [1.82, 2.24) is 0 Å². The van der Waals surface area contributed by atoms with E-state index in [1.807, 2.05) is 23.5 Å². The van der Waals surface area contributed by atoms with Crippen LogP contribution in [0.2, 0.25) is 0 Å². The fourth-order valence-corrected chi connectivity index (χ4v) is 5.50. The molecule has 19 heavy (non-hydrogen) atoms. The highest BCUT2D eigenvalue weighted by Crippen LogP contribution is 2.51. The third-order valence-electron chi connectivity index (χ3n) is 3.64. The van der Waals surface area contributed by atoms with Gasteiger partial charge in [-0.2, -0.15) is 0 Å². The third kappa shape index (κ3) is 1.86. The maximum absolute atomic E-state index is 2.27. The van der Waals surface area contributed by atoms with E-state index in [1.54, 1.807) is 0 Å². The molecule has 2 aromatic rings. The van der Waals surface area contributed by atoms with Gasteiger partial charge >= 0.3 is 0 Å². The molecule has 94 valence electrons. The molecule has 0 amide bonds. The van der Waals surface area contributed by atoms with Crippen molar-refractivity contribution in [3.05, 3.63) is 63.9 Å². The van der Waals surface area contributed by atoms with Gasteiger partial charge in [0, 0.05) is 9.81 Å². The smallest absolute Gasteiger partial charge is 0.0486 e. The highest BCUT2D eigenvalue weighted by atomic mass is 32.2. The molecule has 2 aromatic carbocycles. The molecule has 0 atom stereocenters. The summed E-state index contributed by atoms with van der Waals surface area (Å²) < 4.78 is 1.52. The van der Waals surface area contributed by atoms with Crippen LogP contribution in [0.25, 0.3) is 16.7 Å². The molecule has 2 heteroatoms. The highest BCUT2D eigenvalue weighted by molar-refractivity contribution is 8.23. The normalized spacial score (nSPS) is 17.3. The Morgan fingerprint density at radius 3 is 1.63 bits per heavy atom. The second-order valence-electron chi connectivity index (χ2n) is 4.80. The lowest BCUT2D eigenvalue weighted by Gasteiger charge is -2.16. The van der Waals surface area contributed by atoms with Crippen LogP contribution < -0.4 is 0 Å². The fraction of sp³-hybridized carbons (Fsp3) is 0.176. The maximum atomic E-state index is 2.27. The summed E-state index contributed by atoms with van der Waals surface area (Å²) in [5, 5.41) is 0. The molecule has 0 unspecified atom stereocenters. The van der Waals surface area contributed by atoms with Crippen molar-refractivity contribution in [2.75, 3.05) is 11.5 Å². The number of thioether (sulfide) groups is 2. The number of rotatable bonds is 0. The van der Waals surface area contributed by atoms with Crippen LogP contribution in [0.1, 0.15) is 17.5 Å². The molecule has 4 rings (SSSR count). The van der Waals surface area contributed by atoms with Crippen LogP contribution >= 0.6 is 23.5 Å². The minimum Gasteiger partial charge on any atom is -0.119 e. The Hall–Kier alpha value is -1.12. The minimum atomic E-state index is 1.26. The molecule has 0 N–H and O–H groups in total. The Bertz CT molecular complexity index is 615. The maximum Gasteiger partial charge on any atom is 0.0486 e. The van der Waals surface area contributed by atoms with Gasteiger partial charge in [0.15, 0.2) is 0 Å². The SMILES string of the molecule is c1ccc2c(c1)C(=C1SCCCS1)c1ccccc1-2. The van der Waals surface area contributed by atoms with Crippen LogP contribution in [-0.2, 0) is 0 Å². The zero-order valence-corrected chi connectivity index (χ0v) is 12.2. The van der Waals surface area contributed by atoms with Crippen LogP contribution in [0.4, 0.5) is 0 Å². The summed E-state index contributed by atoms with van der Waals surface area (Å²) in [5.74, 6) is 2.52. The largest absolute Gasteiger partial charge is 0.119 e. The molecule has 1 aliphatic carbocycles. The van der Waals surface area contributed by atoms with Gasteiger partial charge in [0.05, 0.1) is 0 Å². The predicted molar refractivity (Wildman–Crippen MR) is 87.4 cm³/mol. The van der Waals surface area contributed by atoms with E-state index in [0.717, 1.165) is 0 Å². The Labute approximate surface area is 122 Å². The Balaban J connectivity index is 2.01. The first-order chi connectivity index (χ1) is 9.45. The standard InChI is InChI=1S/C17H14S2/c1-3-8-14-12(6-1)13-7-2-4-9-15(13)16(14)17-18-10-5-11-19-17/h1-4,6-9H,5,10-11H2. The van der Waals surface area contributed by atoms with Crippen molar-refractivity contribution >= 4 is 29.1 Å². The first kappa shape index (κ1) is 11.7. The Kier molecular flexibility index (Phi) is 2.93. The van der Waals surface area contributed by atoms with Crippen molar-refractivity contribution < 1.29 is 0 Å². The second-order valence-corrected chi connectivity index (χ2v) is 7.27. The Morgan fingerprint density at radius 2 is 1.11 bits per heavy atom. The predicted octanol–water partition coefficient (Wildman–Crippen LogP) is 5.25. The molecule has 0 saturated carbocycles. The van der Waals surface area contributed by atoms with Gasteiger partial charge in [-0.25, -0.2) is 0 Å². The molecule has 0 nitrogen and oxygen atoms in total. The summed E-state index contributed by atoms with van der Waals surface area (Å²) in [6.45, 7) is 0. The summed E-state index contributed by atoms with van der Waals surface area (Å²) in [5.41, 5.74) is 7.10. The average Bonchev–Trinajstić information content (AvgIpc) is 2.83. The van der Waals surface area contributed by atoms with Crippen molar-refractivity contribution in [3.63, 3.8) is 0 Å². The van der Waals surface area contributed by atoms with Gasteiger partial charge in [-0.3, -0.25) is 0 Å². The van der Waals surface area contributed by atoms with E-state index >= 15 is 0 Å². The van der Waals surface area contributed by atoms with E-state index in [4.69, 9.17) is 0 Å². The second kappa shape index (κ2) is 4.77. The molecule has 0 spiro atoms. The topological polar surface area (TPSA) is 0 Å². The van der Waals surface area contributed by atoms with E-state index in [0.29, 0.717) is 0 Å².